The number of carbonyl (C=O) groups is 1. The second-order valence-corrected chi connectivity index (χ2v) is 6.37. The Kier molecular flexibility index (Phi) is 3.72. The molecule has 1 saturated heterocycles. The Labute approximate surface area is 105 Å². The summed E-state index contributed by atoms with van der Waals surface area (Å²) < 4.78 is 0. The largest absolute Gasteiger partial charge is 0.348 e. The van der Waals surface area contributed by atoms with Crippen LogP contribution in [0.2, 0.25) is 0 Å². The minimum atomic E-state index is -0.0349. The summed E-state index contributed by atoms with van der Waals surface area (Å²) in [7, 11) is 2.14. The highest BCUT2D eigenvalue weighted by atomic mass is 16.1. The number of hydrogen-bond donors (Lipinski definition) is 1. The summed E-state index contributed by atoms with van der Waals surface area (Å²) in [6, 6.07) is 0.185. The molecule has 0 spiro atoms. The molecule has 98 valence electrons. The minimum absolute atomic E-state index is 0.0313. The number of amides is 1. The van der Waals surface area contributed by atoms with Gasteiger partial charge in [-0.25, -0.2) is 0 Å². The number of piperidine rings is 1. The number of hydrogen-bond acceptors (Lipinski definition) is 2. The Hall–Kier alpha value is -0.830. The molecule has 0 aromatic heterocycles. The highest BCUT2D eigenvalue weighted by Crippen LogP contribution is 2.36. The molecule has 3 heteroatoms. The molecule has 1 rings (SSSR count). The van der Waals surface area contributed by atoms with Crippen molar-refractivity contribution in [3.8, 4) is 0 Å². The minimum Gasteiger partial charge on any atom is -0.348 e. The van der Waals surface area contributed by atoms with Crippen LogP contribution >= 0.6 is 0 Å². The third kappa shape index (κ3) is 2.71. The molecule has 1 aliphatic rings. The van der Waals surface area contributed by atoms with Crippen LogP contribution in [-0.2, 0) is 4.79 Å². The highest BCUT2D eigenvalue weighted by Gasteiger charge is 2.45. The molecule has 1 unspecified atom stereocenters. The smallest absolute Gasteiger partial charge is 0.246 e. The van der Waals surface area contributed by atoms with Crippen molar-refractivity contribution in [3.63, 3.8) is 0 Å². The van der Waals surface area contributed by atoms with Gasteiger partial charge in [-0.1, -0.05) is 6.58 Å². The molecule has 1 heterocycles. The van der Waals surface area contributed by atoms with Crippen molar-refractivity contribution >= 4 is 5.91 Å². The van der Waals surface area contributed by atoms with Gasteiger partial charge in [0.1, 0.15) is 0 Å². The molecule has 0 bridgehead atoms. The molecule has 0 aromatic rings. The Balaban J connectivity index is 2.83. The van der Waals surface area contributed by atoms with E-state index in [4.69, 9.17) is 0 Å². The summed E-state index contributed by atoms with van der Waals surface area (Å²) in [5, 5.41) is 3.10. The van der Waals surface area contributed by atoms with Crippen LogP contribution in [0.1, 0.15) is 47.5 Å². The van der Waals surface area contributed by atoms with E-state index in [1.54, 1.807) is 6.92 Å². The molecule has 0 saturated carbocycles. The molecule has 1 amide bonds. The zero-order chi connectivity index (χ0) is 13.4. The van der Waals surface area contributed by atoms with Gasteiger partial charge >= 0.3 is 0 Å². The molecule has 1 fully saturated rings. The predicted molar refractivity (Wildman–Crippen MR) is 71.9 cm³/mol. The van der Waals surface area contributed by atoms with Crippen molar-refractivity contribution in [2.45, 2.75) is 64.6 Å². The van der Waals surface area contributed by atoms with Crippen LogP contribution in [0.15, 0.2) is 12.2 Å². The quantitative estimate of drug-likeness (QED) is 0.749. The van der Waals surface area contributed by atoms with Crippen LogP contribution in [0, 0.1) is 0 Å². The lowest BCUT2D eigenvalue weighted by Gasteiger charge is -2.55. The van der Waals surface area contributed by atoms with Gasteiger partial charge in [0.05, 0.1) is 0 Å². The number of likely N-dealkylation sites (N-methyl/N-ethyl adjacent to an activating group) is 1. The van der Waals surface area contributed by atoms with Crippen LogP contribution in [0.25, 0.3) is 0 Å². The van der Waals surface area contributed by atoms with Gasteiger partial charge in [-0.3, -0.25) is 9.69 Å². The van der Waals surface area contributed by atoms with Crippen molar-refractivity contribution in [1.29, 1.82) is 0 Å². The second-order valence-electron chi connectivity index (χ2n) is 6.37. The first-order valence-electron chi connectivity index (χ1n) is 6.29. The van der Waals surface area contributed by atoms with Gasteiger partial charge in [0.25, 0.3) is 0 Å². The average Bonchev–Trinajstić information content (AvgIpc) is 2.20. The lowest BCUT2D eigenvalue weighted by atomic mass is 9.77. The average molecular weight is 238 g/mol. The number of rotatable bonds is 2. The molecule has 17 heavy (non-hydrogen) atoms. The maximum atomic E-state index is 11.7. The van der Waals surface area contributed by atoms with Gasteiger partial charge in [0.2, 0.25) is 5.91 Å². The molecule has 1 aliphatic heterocycles. The molecule has 1 N–H and O–H groups in total. The van der Waals surface area contributed by atoms with Crippen molar-refractivity contribution in [1.82, 2.24) is 10.2 Å². The molecule has 3 nitrogen and oxygen atoms in total. The first kappa shape index (κ1) is 14.2. The SMILES string of the molecule is C=C(C)C(=O)NC1CCC(C)(C)N(C)C1(C)C. The Morgan fingerprint density at radius 2 is 1.88 bits per heavy atom. The van der Waals surface area contributed by atoms with Gasteiger partial charge in [0.15, 0.2) is 0 Å². The van der Waals surface area contributed by atoms with Gasteiger partial charge < -0.3 is 5.32 Å². The highest BCUT2D eigenvalue weighted by molar-refractivity contribution is 5.92. The maximum Gasteiger partial charge on any atom is 0.246 e. The van der Waals surface area contributed by atoms with E-state index in [2.05, 4.69) is 51.5 Å². The van der Waals surface area contributed by atoms with E-state index in [9.17, 15) is 4.79 Å². The fraction of sp³-hybridized carbons (Fsp3) is 0.786. The third-order valence-corrected chi connectivity index (χ3v) is 4.36. The first-order valence-corrected chi connectivity index (χ1v) is 6.29. The fourth-order valence-corrected chi connectivity index (χ4v) is 2.56. The zero-order valence-corrected chi connectivity index (χ0v) is 12.1. The number of likely N-dealkylation sites (tertiary alicyclic amines) is 1. The van der Waals surface area contributed by atoms with E-state index in [-0.39, 0.29) is 23.0 Å². The third-order valence-electron chi connectivity index (χ3n) is 4.36. The number of nitrogens with one attached hydrogen (secondary N) is 1. The standard InChI is InChI=1S/C14H26N2O/c1-10(2)12(17)15-11-8-9-13(3,4)16(7)14(11,5)6/h11H,1,8-9H2,2-7H3,(H,15,17). The maximum absolute atomic E-state index is 11.7. The lowest BCUT2D eigenvalue weighted by Crippen LogP contribution is -2.66. The topological polar surface area (TPSA) is 32.3 Å². The van der Waals surface area contributed by atoms with Gasteiger partial charge in [0, 0.05) is 22.7 Å². The van der Waals surface area contributed by atoms with E-state index in [0.717, 1.165) is 12.8 Å². The Morgan fingerprint density at radius 3 is 2.35 bits per heavy atom. The van der Waals surface area contributed by atoms with Crippen LogP contribution in [0.3, 0.4) is 0 Å². The summed E-state index contributed by atoms with van der Waals surface area (Å²) in [5.74, 6) is -0.0313. The molecule has 0 radical (unpaired) electrons. The zero-order valence-electron chi connectivity index (χ0n) is 12.1. The summed E-state index contributed by atoms with van der Waals surface area (Å²) in [6.45, 7) is 14.3. The van der Waals surface area contributed by atoms with Gasteiger partial charge in [-0.05, 0) is 54.5 Å². The molecule has 1 atom stereocenters. The van der Waals surface area contributed by atoms with E-state index in [1.165, 1.54) is 0 Å². The predicted octanol–water partition coefficient (Wildman–Crippen LogP) is 2.33. The summed E-state index contributed by atoms with van der Waals surface area (Å²) in [6.07, 6.45) is 2.11. The monoisotopic (exact) mass is 238 g/mol. The van der Waals surface area contributed by atoms with Gasteiger partial charge in [-0.2, -0.15) is 0 Å². The van der Waals surface area contributed by atoms with Crippen molar-refractivity contribution < 1.29 is 4.79 Å². The Bertz CT molecular complexity index is 331. The molecule has 0 aliphatic carbocycles. The lowest BCUT2D eigenvalue weighted by molar-refractivity contribution is -0.121. The summed E-state index contributed by atoms with van der Waals surface area (Å²) in [4.78, 5) is 14.1. The molecule has 0 aromatic carbocycles. The van der Waals surface area contributed by atoms with Crippen LogP contribution in [-0.4, -0.2) is 35.0 Å². The first-order chi connectivity index (χ1) is 7.59. The van der Waals surface area contributed by atoms with Crippen LogP contribution < -0.4 is 5.32 Å². The summed E-state index contributed by atoms with van der Waals surface area (Å²) in [5.41, 5.74) is 0.731. The van der Waals surface area contributed by atoms with Crippen molar-refractivity contribution in [3.05, 3.63) is 12.2 Å². The normalized spacial score (nSPS) is 27.5. The van der Waals surface area contributed by atoms with Crippen molar-refractivity contribution in [2.75, 3.05) is 7.05 Å². The Morgan fingerprint density at radius 1 is 1.35 bits per heavy atom. The van der Waals surface area contributed by atoms with E-state index in [0.29, 0.717) is 5.57 Å². The van der Waals surface area contributed by atoms with Crippen LogP contribution in [0.5, 0.6) is 0 Å². The summed E-state index contributed by atoms with van der Waals surface area (Å²) >= 11 is 0. The van der Waals surface area contributed by atoms with Gasteiger partial charge in [-0.15, -0.1) is 0 Å². The van der Waals surface area contributed by atoms with Crippen LogP contribution in [0.4, 0.5) is 0 Å². The molecular formula is C14H26N2O. The van der Waals surface area contributed by atoms with E-state index in [1.807, 2.05) is 0 Å². The van der Waals surface area contributed by atoms with Crippen molar-refractivity contribution in [2.24, 2.45) is 0 Å². The number of carbonyl (C=O) groups excluding carboxylic acids is 1. The molecular weight excluding hydrogens is 212 g/mol. The second kappa shape index (κ2) is 4.45. The van der Waals surface area contributed by atoms with E-state index < -0.39 is 0 Å². The van der Waals surface area contributed by atoms with E-state index >= 15 is 0 Å². The fourth-order valence-electron chi connectivity index (χ4n) is 2.56. The number of nitrogens with zero attached hydrogens (tertiary/aromatic N) is 1.